The van der Waals surface area contributed by atoms with Crippen molar-refractivity contribution >= 4 is 39.1 Å². The first-order chi connectivity index (χ1) is 16.1. The van der Waals surface area contributed by atoms with Crippen LogP contribution in [0.15, 0.2) is 48.5 Å². The Bertz CT molecular complexity index is 1140. The van der Waals surface area contributed by atoms with Crippen molar-refractivity contribution in [2.24, 2.45) is 0 Å². The first-order valence-corrected chi connectivity index (χ1v) is 12.7. The zero-order valence-corrected chi connectivity index (χ0v) is 19.9. The summed E-state index contributed by atoms with van der Waals surface area (Å²) in [6.07, 6.45) is 3.05. The number of amides is 3. The Labute approximate surface area is 198 Å². The quantitative estimate of drug-likeness (QED) is 0.486. The molecular weight excluding hydrogens is 460 g/mol. The molecule has 0 bridgehead atoms. The largest absolute Gasteiger partial charge is 0.484 e. The fraction of sp³-hybridized carbons (Fsp3) is 0.348. The van der Waals surface area contributed by atoms with Crippen molar-refractivity contribution in [3.8, 4) is 5.75 Å². The van der Waals surface area contributed by atoms with Gasteiger partial charge in [-0.15, -0.1) is 0 Å². The minimum absolute atomic E-state index is 0.0829. The number of nitrogens with one attached hydrogen (secondary N) is 3. The summed E-state index contributed by atoms with van der Waals surface area (Å²) in [5.41, 5.74) is 1.44. The maximum Gasteiger partial charge on any atom is 0.313 e. The molecule has 1 unspecified atom stereocenters. The van der Waals surface area contributed by atoms with Crippen LogP contribution in [0.1, 0.15) is 31.4 Å². The first kappa shape index (κ1) is 25.0. The Morgan fingerprint density at radius 1 is 1.00 bits per heavy atom. The molecule has 0 saturated carbocycles. The average molecular weight is 489 g/mol. The second-order valence-corrected chi connectivity index (χ2v) is 9.80. The molecular formula is C23H28N4O6S. The van der Waals surface area contributed by atoms with Crippen LogP contribution >= 0.6 is 0 Å². The number of hydrogen-bond acceptors (Lipinski definition) is 6. The summed E-state index contributed by atoms with van der Waals surface area (Å²) >= 11 is 0. The van der Waals surface area contributed by atoms with Crippen LogP contribution in [0.2, 0.25) is 0 Å². The summed E-state index contributed by atoms with van der Waals surface area (Å²) in [6.45, 7) is 3.10. The normalized spacial score (nSPS) is 14.2. The van der Waals surface area contributed by atoms with Crippen LogP contribution in [0, 0.1) is 0 Å². The van der Waals surface area contributed by atoms with E-state index in [1.54, 1.807) is 60.4 Å². The van der Waals surface area contributed by atoms with Gasteiger partial charge in [0.25, 0.3) is 5.91 Å². The van der Waals surface area contributed by atoms with Crippen LogP contribution in [0.4, 0.5) is 11.4 Å². The van der Waals surface area contributed by atoms with Gasteiger partial charge in [0, 0.05) is 30.5 Å². The van der Waals surface area contributed by atoms with Gasteiger partial charge < -0.3 is 20.3 Å². The summed E-state index contributed by atoms with van der Waals surface area (Å²) in [4.78, 5) is 38.6. The van der Waals surface area contributed by atoms with Gasteiger partial charge in [0.1, 0.15) is 5.75 Å². The van der Waals surface area contributed by atoms with Crippen molar-refractivity contribution in [3.63, 3.8) is 0 Å². The molecule has 11 heteroatoms. The number of benzene rings is 2. The van der Waals surface area contributed by atoms with E-state index < -0.39 is 27.9 Å². The molecule has 3 amide bonds. The smallest absolute Gasteiger partial charge is 0.313 e. The highest BCUT2D eigenvalue weighted by atomic mass is 32.2. The van der Waals surface area contributed by atoms with Gasteiger partial charge in [0.15, 0.2) is 6.61 Å². The predicted molar refractivity (Wildman–Crippen MR) is 128 cm³/mol. The minimum atomic E-state index is -3.39. The van der Waals surface area contributed by atoms with Gasteiger partial charge in [-0.3, -0.25) is 19.1 Å². The number of carbonyl (C=O) groups excluding carboxylic acids is 3. The number of sulfonamides is 1. The number of hydrogen-bond donors (Lipinski definition) is 3. The highest BCUT2D eigenvalue weighted by Gasteiger charge is 2.19. The van der Waals surface area contributed by atoms with Crippen molar-refractivity contribution in [2.75, 3.05) is 36.0 Å². The van der Waals surface area contributed by atoms with Gasteiger partial charge in [-0.2, -0.15) is 0 Å². The van der Waals surface area contributed by atoms with E-state index in [1.807, 2.05) is 0 Å². The number of carbonyl (C=O) groups is 3. The van der Waals surface area contributed by atoms with Crippen molar-refractivity contribution in [3.05, 3.63) is 54.1 Å². The molecule has 3 rings (SSSR count). The van der Waals surface area contributed by atoms with Crippen molar-refractivity contribution in [1.82, 2.24) is 10.2 Å². The lowest BCUT2D eigenvalue weighted by Gasteiger charge is -2.16. The molecule has 2 aromatic rings. The van der Waals surface area contributed by atoms with Crippen LogP contribution < -0.4 is 20.1 Å². The summed E-state index contributed by atoms with van der Waals surface area (Å²) < 4.78 is 30.5. The molecule has 34 heavy (non-hydrogen) atoms. The zero-order chi connectivity index (χ0) is 24.7. The van der Waals surface area contributed by atoms with Gasteiger partial charge in [-0.25, -0.2) is 8.42 Å². The Kier molecular flexibility index (Phi) is 8.11. The Hall–Kier alpha value is -3.60. The second kappa shape index (κ2) is 11.0. The van der Waals surface area contributed by atoms with Crippen molar-refractivity contribution in [1.29, 1.82) is 0 Å². The van der Waals surface area contributed by atoms with Gasteiger partial charge >= 0.3 is 11.8 Å². The van der Waals surface area contributed by atoms with E-state index in [4.69, 9.17) is 4.74 Å². The highest BCUT2D eigenvalue weighted by Crippen LogP contribution is 2.19. The molecule has 1 atom stereocenters. The number of likely N-dealkylation sites (tertiary alicyclic amines) is 1. The molecule has 1 heterocycles. The lowest BCUT2D eigenvalue weighted by Crippen LogP contribution is -2.36. The van der Waals surface area contributed by atoms with E-state index in [0.29, 0.717) is 22.7 Å². The number of rotatable bonds is 8. The average Bonchev–Trinajstić information content (AvgIpc) is 3.32. The third kappa shape index (κ3) is 7.48. The standard InChI is InChI=1S/C23H28N4O6S/c1-16(17-8-10-18(11-9-17)26-34(2,31)32)24-22(29)23(30)25-19-6-5-7-20(14-19)33-15-21(28)27-12-3-4-13-27/h5-11,14,16,26H,3-4,12-13,15H2,1-2H3,(H,24,29)(H,25,30). The van der Waals surface area contributed by atoms with Gasteiger partial charge in [0.05, 0.1) is 12.3 Å². The van der Waals surface area contributed by atoms with E-state index in [-0.39, 0.29) is 12.5 Å². The van der Waals surface area contributed by atoms with E-state index in [0.717, 1.165) is 32.2 Å². The topological polar surface area (TPSA) is 134 Å². The van der Waals surface area contributed by atoms with Crippen molar-refractivity contribution < 1.29 is 27.5 Å². The number of nitrogens with zero attached hydrogens (tertiary/aromatic N) is 1. The van der Waals surface area contributed by atoms with E-state index in [1.165, 1.54) is 0 Å². The molecule has 1 aliphatic heterocycles. The van der Waals surface area contributed by atoms with Crippen LogP contribution in [0.25, 0.3) is 0 Å². The van der Waals surface area contributed by atoms with Crippen LogP contribution in [0.3, 0.4) is 0 Å². The fourth-order valence-electron chi connectivity index (χ4n) is 3.45. The highest BCUT2D eigenvalue weighted by molar-refractivity contribution is 7.92. The van der Waals surface area contributed by atoms with Gasteiger partial charge in [0.2, 0.25) is 10.0 Å². The van der Waals surface area contributed by atoms with Crippen LogP contribution in [-0.2, 0) is 24.4 Å². The predicted octanol–water partition coefficient (Wildman–Crippen LogP) is 1.88. The minimum Gasteiger partial charge on any atom is -0.484 e. The SMILES string of the molecule is CC(NC(=O)C(=O)Nc1cccc(OCC(=O)N2CCCC2)c1)c1ccc(NS(C)(=O)=O)cc1. The molecule has 0 radical (unpaired) electrons. The molecule has 1 saturated heterocycles. The summed E-state index contributed by atoms with van der Waals surface area (Å²) in [5.74, 6) is -1.36. The zero-order valence-electron chi connectivity index (χ0n) is 19.0. The molecule has 0 aliphatic carbocycles. The number of ether oxygens (including phenoxy) is 1. The monoisotopic (exact) mass is 488 g/mol. The number of anilines is 2. The summed E-state index contributed by atoms with van der Waals surface area (Å²) in [6, 6.07) is 12.4. The Balaban J connectivity index is 1.51. The van der Waals surface area contributed by atoms with E-state index in [9.17, 15) is 22.8 Å². The Morgan fingerprint density at radius 2 is 1.68 bits per heavy atom. The third-order valence-corrected chi connectivity index (χ3v) is 5.79. The maximum atomic E-state index is 12.3. The van der Waals surface area contributed by atoms with Crippen LogP contribution in [-0.4, -0.2) is 57.0 Å². The second-order valence-electron chi connectivity index (χ2n) is 8.05. The van der Waals surface area contributed by atoms with Gasteiger partial charge in [-0.05, 0) is 49.6 Å². The molecule has 10 nitrogen and oxygen atoms in total. The Morgan fingerprint density at radius 3 is 2.32 bits per heavy atom. The molecule has 2 aromatic carbocycles. The molecule has 0 aromatic heterocycles. The molecule has 1 aliphatic rings. The maximum absolute atomic E-state index is 12.3. The third-order valence-electron chi connectivity index (χ3n) is 5.18. The van der Waals surface area contributed by atoms with Gasteiger partial charge in [-0.1, -0.05) is 18.2 Å². The molecule has 3 N–H and O–H groups in total. The molecule has 182 valence electrons. The van der Waals surface area contributed by atoms with E-state index >= 15 is 0 Å². The molecule has 1 fully saturated rings. The lowest BCUT2D eigenvalue weighted by atomic mass is 10.1. The summed E-state index contributed by atoms with van der Waals surface area (Å²) in [7, 11) is -3.39. The first-order valence-electron chi connectivity index (χ1n) is 10.8. The summed E-state index contributed by atoms with van der Waals surface area (Å²) in [5, 5.41) is 5.11. The lowest BCUT2D eigenvalue weighted by molar-refractivity contribution is -0.136. The van der Waals surface area contributed by atoms with E-state index in [2.05, 4.69) is 15.4 Å². The fourth-order valence-corrected chi connectivity index (χ4v) is 4.02. The molecule has 0 spiro atoms. The van der Waals surface area contributed by atoms with Crippen molar-refractivity contribution in [2.45, 2.75) is 25.8 Å². The van der Waals surface area contributed by atoms with Crippen LogP contribution in [0.5, 0.6) is 5.75 Å².